The van der Waals surface area contributed by atoms with E-state index in [1.165, 1.54) is 11.3 Å². The summed E-state index contributed by atoms with van der Waals surface area (Å²) in [7, 11) is 1.60. The number of anilines is 1. The fourth-order valence-electron chi connectivity index (χ4n) is 2.16. The van der Waals surface area contributed by atoms with Crippen LogP contribution in [0.15, 0.2) is 30.3 Å². The van der Waals surface area contributed by atoms with Gasteiger partial charge in [0.1, 0.15) is 16.5 Å². The van der Waals surface area contributed by atoms with Crippen molar-refractivity contribution in [2.45, 2.75) is 20.0 Å². The quantitative estimate of drug-likeness (QED) is 0.718. The SMILES string of the molecule is CCc1nc(NC(=O)c2nc(COC)sc2-c2ccccc2)n[nH]1. The van der Waals surface area contributed by atoms with Crippen molar-refractivity contribution in [1.82, 2.24) is 20.2 Å². The maximum atomic E-state index is 12.6. The van der Waals surface area contributed by atoms with Crippen molar-refractivity contribution in [2.75, 3.05) is 12.4 Å². The van der Waals surface area contributed by atoms with Crippen LogP contribution in [-0.2, 0) is 17.8 Å². The van der Waals surface area contributed by atoms with Gasteiger partial charge in [0.2, 0.25) is 5.95 Å². The molecule has 0 saturated heterocycles. The third-order valence-electron chi connectivity index (χ3n) is 3.28. The van der Waals surface area contributed by atoms with E-state index < -0.39 is 0 Å². The second kappa shape index (κ2) is 7.33. The molecule has 1 aromatic carbocycles. The lowest BCUT2D eigenvalue weighted by Crippen LogP contribution is -2.14. The molecule has 0 aliphatic rings. The summed E-state index contributed by atoms with van der Waals surface area (Å²) in [5.74, 6) is 0.623. The number of aromatic amines is 1. The minimum absolute atomic E-state index is 0.247. The Kier molecular flexibility index (Phi) is 4.97. The fraction of sp³-hybridized carbons (Fsp3) is 0.250. The highest BCUT2D eigenvalue weighted by Crippen LogP contribution is 2.31. The van der Waals surface area contributed by atoms with E-state index >= 15 is 0 Å². The normalized spacial score (nSPS) is 10.8. The molecule has 0 spiro atoms. The number of carbonyl (C=O) groups is 1. The molecule has 124 valence electrons. The van der Waals surface area contributed by atoms with Gasteiger partial charge in [-0.05, 0) is 5.56 Å². The standard InChI is InChI=1S/C16H17N5O2S/c1-3-11-17-16(21-20-11)19-15(22)13-14(10-7-5-4-6-8-10)24-12(18-13)9-23-2/h4-8H,3,9H2,1-2H3,(H2,17,19,20,21,22). The molecule has 8 heteroatoms. The van der Waals surface area contributed by atoms with Crippen molar-refractivity contribution in [3.05, 3.63) is 46.9 Å². The second-order valence-corrected chi connectivity index (χ2v) is 6.08. The maximum Gasteiger partial charge on any atom is 0.278 e. The summed E-state index contributed by atoms with van der Waals surface area (Å²) in [4.78, 5) is 22.0. The average molecular weight is 343 g/mol. The van der Waals surface area contributed by atoms with Gasteiger partial charge in [0.15, 0.2) is 0 Å². The zero-order valence-corrected chi connectivity index (χ0v) is 14.2. The van der Waals surface area contributed by atoms with Crippen LogP contribution in [0, 0.1) is 0 Å². The molecule has 24 heavy (non-hydrogen) atoms. The van der Waals surface area contributed by atoms with E-state index in [-0.39, 0.29) is 11.9 Å². The van der Waals surface area contributed by atoms with E-state index in [0.29, 0.717) is 24.5 Å². The Bertz CT molecular complexity index is 828. The third kappa shape index (κ3) is 3.50. The molecule has 0 unspecified atom stereocenters. The molecule has 0 fully saturated rings. The molecule has 0 aliphatic heterocycles. The number of nitrogens with zero attached hydrogens (tertiary/aromatic N) is 3. The highest BCUT2D eigenvalue weighted by Gasteiger charge is 2.20. The number of carbonyl (C=O) groups excluding carboxylic acids is 1. The number of thiazole rings is 1. The number of methoxy groups -OCH3 is 1. The van der Waals surface area contributed by atoms with Crippen LogP contribution in [0.25, 0.3) is 10.4 Å². The van der Waals surface area contributed by atoms with Gasteiger partial charge in [-0.15, -0.1) is 16.4 Å². The topological polar surface area (TPSA) is 92.8 Å². The van der Waals surface area contributed by atoms with Crippen LogP contribution < -0.4 is 5.32 Å². The minimum atomic E-state index is -0.339. The Balaban J connectivity index is 1.91. The molecular formula is C16H17N5O2S. The zero-order chi connectivity index (χ0) is 16.9. The summed E-state index contributed by atoms with van der Waals surface area (Å²) in [6.45, 7) is 2.31. The second-order valence-electron chi connectivity index (χ2n) is 5.00. The maximum absolute atomic E-state index is 12.6. The first-order valence-electron chi connectivity index (χ1n) is 7.48. The first kappa shape index (κ1) is 16.3. The number of rotatable bonds is 6. The van der Waals surface area contributed by atoms with Gasteiger partial charge in [0.25, 0.3) is 5.91 Å². The lowest BCUT2D eigenvalue weighted by atomic mass is 10.1. The van der Waals surface area contributed by atoms with Gasteiger partial charge in [-0.3, -0.25) is 15.2 Å². The number of benzene rings is 1. The Morgan fingerprint density at radius 1 is 1.29 bits per heavy atom. The van der Waals surface area contributed by atoms with Crippen LogP contribution in [0.3, 0.4) is 0 Å². The van der Waals surface area contributed by atoms with Crippen molar-refractivity contribution in [3.8, 4) is 10.4 Å². The first-order chi connectivity index (χ1) is 11.7. The fourth-order valence-corrected chi connectivity index (χ4v) is 3.20. The highest BCUT2D eigenvalue weighted by atomic mass is 32.1. The number of aryl methyl sites for hydroxylation is 1. The number of hydrogen-bond acceptors (Lipinski definition) is 6. The van der Waals surface area contributed by atoms with Crippen LogP contribution in [0.2, 0.25) is 0 Å². The van der Waals surface area contributed by atoms with E-state index in [2.05, 4.69) is 25.5 Å². The predicted octanol–water partition coefficient (Wildman–Crippen LogP) is 2.89. The summed E-state index contributed by atoms with van der Waals surface area (Å²) in [5, 5.41) is 10.2. The Morgan fingerprint density at radius 2 is 2.08 bits per heavy atom. The molecule has 2 heterocycles. The van der Waals surface area contributed by atoms with Crippen LogP contribution in [-0.4, -0.2) is 33.2 Å². The molecule has 3 rings (SSSR count). The lowest BCUT2D eigenvalue weighted by Gasteiger charge is -2.02. The van der Waals surface area contributed by atoms with Crippen molar-refractivity contribution >= 4 is 23.2 Å². The van der Waals surface area contributed by atoms with Gasteiger partial charge >= 0.3 is 0 Å². The largest absolute Gasteiger partial charge is 0.378 e. The molecule has 0 aliphatic carbocycles. The molecule has 2 aromatic heterocycles. The van der Waals surface area contributed by atoms with E-state index in [1.807, 2.05) is 37.3 Å². The van der Waals surface area contributed by atoms with E-state index in [4.69, 9.17) is 4.74 Å². The highest BCUT2D eigenvalue weighted by molar-refractivity contribution is 7.15. The van der Waals surface area contributed by atoms with Crippen molar-refractivity contribution in [3.63, 3.8) is 0 Å². The number of ether oxygens (including phenoxy) is 1. The van der Waals surface area contributed by atoms with Crippen LogP contribution in [0.1, 0.15) is 28.2 Å². The summed E-state index contributed by atoms with van der Waals surface area (Å²) in [6, 6.07) is 9.68. The molecule has 0 saturated carbocycles. The molecule has 0 atom stereocenters. The molecule has 0 bridgehead atoms. The van der Waals surface area contributed by atoms with Crippen molar-refractivity contribution in [2.24, 2.45) is 0 Å². The van der Waals surface area contributed by atoms with Gasteiger partial charge in [0.05, 0.1) is 11.5 Å². The summed E-state index contributed by atoms with van der Waals surface area (Å²) in [6.07, 6.45) is 0.715. The Morgan fingerprint density at radius 3 is 2.75 bits per heavy atom. The zero-order valence-electron chi connectivity index (χ0n) is 13.4. The van der Waals surface area contributed by atoms with Gasteiger partial charge in [0, 0.05) is 13.5 Å². The molecular weight excluding hydrogens is 326 g/mol. The monoisotopic (exact) mass is 343 g/mol. The van der Waals surface area contributed by atoms with Crippen LogP contribution >= 0.6 is 11.3 Å². The lowest BCUT2D eigenvalue weighted by molar-refractivity contribution is 0.102. The molecule has 0 radical (unpaired) electrons. The number of H-pyrrole nitrogens is 1. The third-order valence-corrected chi connectivity index (χ3v) is 4.36. The van der Waals surface area contributed by atoms with Crippen molar-refractivity contribution < 1.29 is 9.53 Å². The summed E-state index contributed by atoms with van der Waals surface area (Å²) < 4.78 is 5.13. The number of nitrogens with one attached hydrogen (secondary N) is 2. The van der Waals surface area contributed by atoms with E-state index in [1.54, 1.807) is 7.11 Å². The van der Waals surface area contributed by atoms with Gasteiger partial charge in [-0.2, -0.15) is 4.98 Å². The average Bonchev–Trinajstić information content (AvgIpc) is 3.23. The Hall–Kier alpha value is -2.58. The summed E-state index contributed by atoms with van der Waals surface area (Å²) >= 11 is 1.44. The number of amides is 1. The van der Waals surface area contributed by atoms with Gasteiger partial charge in [-0.25, -0.2) is 4.98 Å². The van der Waals surface area contributed by atoms with Crippen LogP contribution in [0.4, 0.5) is 5.95 Å². The smallest absolute Gasteiger partial charge is 0.278 e. The number of aromatic nitrogens is 4. The van der Waals surface area contributed by atoms with Gasteiger partial charge in [-0.1, -0.05) is 37.3 Å². The number of hydrogen-bond donors (Lipinski definition) is 2. The summed E-state index contributed by atoms with van der Waals surface area (Å²) in [5.41, 5.74) is 1.29. The minimum Gasteiger partial charge on any atom is -0.378 e. The molecule has 3 aromatic rings. The molecule has 1 amide bonds. The van der Waals surface area contributed by atoms with E-state index in [0.717, 1.165) is 15.4 Å². The first-order valence-corrected chi connectivity index (χ1v) is 8.29. The molecule has 2 N–H and O–H groups in total. The van der Waals surface area contributed by atoms with Gasteiger partial charge < -0.3 is 4.74 Å². The molecule has 7 nitrogen and oxygen atoms in total. The van der Waals surface area contributed by atoms with Crippen molar-refractivity contribution in [1.29, 1.82) is 0 Å². The van der Waals surface area contributed by atoms with Crippen LogP contribution in [0.5, 0.6) is 0 Å². The van der Waals surface area contributed by atoms with E-state index in [9.17, 15) is 4.79 Å². The Labute approximate surface area is 143 Å². The predicted molar refractivity (Wildman–Crippen MR) is 92.0 cm³/mol.